The van der Waals surface area contributed by atoms with Crippen molar-refractivity contribution >= 4 is 0 Å². The fourth-order valence-corrected chi connectivity index (χ4v) is 3.68. The van der Waals surface area contributed by atoms with Gasteiger partial charge in [-0.3, -0.25) is 11.3 Å². The lowest BCUT2D eigenvalue weighted by atomic mass is 9.96. The van der Waals surface area contributed by atoms with Crippen LogP contribution in [0.4, 0.5) is 4.39 Å². The van der Waals surface area contributed by atoms with E-state index in [-0.39, 0.29) is 11.9 Å². The van der Waals surface area contributed by atoms with Gasteiger partial charge in [0.15, 0.2) is 0 Å². The maximum Gasteiger partial charge on any atom is 0.128 e. The molecular formula is C14H19FN2. The van der Waals surface area contributed by atoms with E-state index >= 15 is 0 Å². The lowest BCUT2D eigenvalue weighted by Crippen LogP contribution is -2.31. The average Bonchev–Trinajstić information content (AvgIpc) is 2.79. The maximum atomic E-state index is 13.9. The van der Waals surface area contributed by atoms with Crippen molar-refractivity contribution in [3.8, 4) is 0 Å². The normalized spacial score (nSPS) is 32.3. The molecule has 2 fully saturated rings. The second-order valence-corrected chi connectivity index (χ2v) is 5.51. The fraction of sp³-hybridized carbons (Fsp3) is 0.571. The van der Waals surface area contributed by atoms with Crippen LogP contribution in [0, 0.1) is 30.5 Å². The highest BCUT2D eigenvalue weighted by atomic mass is 19.1. The third-order valence-electron chi connectivity index (χ3n) is 4.52. The van der Waals surface area contributed by atoms with Gasteiger partial charge < -0.3 is 0 Å². The van der Waals surface area contributed by atoms with Crippen LogP contribution in [0.1, 0.15) is 36.4 Å². The molecule has 0 bridgehead atoms. The van der Waals surface area contributed by atoms with Gasteiger partial charge in [-0.15, -0.1) is 0 Å². The van der Waals surface area contributed by atoms with Gasteiger partial charge >= 0.3 is 0 Å². The second-order valence-electron chi connectivity index (χ2n) is 5.51. The minimum Gasteiger partial charge on any atom is -0.271 e. The van der Waals surface area contributed by atoms with Crippen molar-refractivity contribution in [2.45, 2.75) is 32.2 Å². The van der Waals surface area contributed by atoms with Crippen molar-refractivity contribution in [2.24, 2.45) is 23.6 Å². The van der Waals surface area contributed by atoms with Gasteiger partial charge in [0.25, 0.3) is 0 Å². The molecule has 0 amide bonds. The van der Waals surface area contributed by atoms with Crippen molar-refractivity contribution in [1.82, 2.24) is 5.43 Å². The fourth-order valence-electron chi connectivity index (χ4n) is 3.68. The summed E-state index contributed by atoms with van der Waals surface area (Å²) in [5, 5.41) is 0. The number of benzene rings is 1. The molecule has 0 radical (unpaired) electrons. The Morgan fingerprint density at radius 3 is 2.71 bits per heavy atom. The topological polar surface area (TPSA) is 38.0 Å². The molecule has 0 aliphatic heterocycles. The van der Waals surface area contributed by atoms with Crippen molar-refractivity contribution in [3.63, 3.8) is 0 Å². The third kappa shape index (κ3) is 1.78. The number of halogens is 1. The molecule has 2 aliphatic carbocycles. The summed E-state index contributed by atoms with van der Waals surface area (Å²) in [6.45, 7) is 1.99. The molecule has 3 heteroatoms. The Balaban J connectivity index is 1.88. The van der Waals surface area contributed by atoms with Crippen LogP contribution in [0.15, 0.2) is 18.2 Å². The van der Waals surface area contributed by atoms with Crippen LogP contribution in [0.25, 0.3) is 0 Å². The predicted octanol–water partition coefficient (Wildman–Crippen LogP) is 2.68. The highest BCUT2D eigenvalue weighted by Crippen LogP contribution is 2.62. The van der Waals surface area contributed by atoms with E-state index in [1.54, 1.807) is 12.1 Å². The van der Waals surface area contributed by atoms with Crippen LogP contribution < -0.4 is 11.3 Å². The lowest BCUT2D eigenvalue weighted by molar-refractivity contribution is 0.410. The first-order valence-corrected chi connectivity index (χ1v) is 6.44. The molecule has 17 heavy (non-hydrogen) atoms. The summed E-state index contributed by atoms with van der Waals surface area (Å²) in [6.07, 6.45) is 3.92. The Bertz CT molecular complexity index is 422. The van der Waals surface area contributed by atoms with Gasteiger partial charge in [0.2, 0.25) is 0 Å². The highest BCUT2D eigenvalue weighted by Gasteiger charge is 2.56. The number of hydrazine groups is 1. The number of nitrogens with two attached hydrogens (primary N) is 1. The van der Waals surface area contributed by atoms with Crippen LogP contribution in [0.5, 0.6) is 0 Å². The summed E-state index contributed by atoms with van der Waals surface area (Å²) < 4.78 is 13.9. The van der Waals surface area contributed by atoms with Gasteiger partial charge in [-0.2, -0.15) is 0 Å². The quantitative estimate of drug-likeness (QED) is 0.623. The minimum atomic E-state index is -0.136. The van der Waals surface area contributed by atoms with E-state index in [4.69, 9.17) is 5.84 Å². The molecule has 0 spiro atoms. The average molecular weight is 234 g/mol. The highest BCUT2D eigenvalue weighted by molar-refractivity contribution is 5.29. The van der Waals surface area contributed by atoms with Gasteiger partial charge in [-0.05, 0) is 43.6 Å². The third-order valence-corrected chi connectivity index (χ3v) is 4.52. The summed E-state index contributed by atoms with van der Waals surface area (Å²) in [6, 6.07) is 5.27. The Labute approximate surface area is 101 Å². The van der Waals surface area contributed by atoms with Crippen LogP contribution in [-0.4, -0.2) is 0 Å². The Kier molecular flexibility index (Phi) is 2.68. The summed E-state index contributed by atoms with van der Waals surface area (Å²) in [7, 11) is 0. The van der Waals surface area contributed by atoms with Gasteiger partial charge in [0, 0.05) is 5.56 Å². The Morgan fingerprint density at radius 2 is 2.06 bits per heavy atom. The molecule has 3 rings (SSSR count). The summed E-state index contributed by atoms with van der Waals surface area (Å²) in [4.78, 5) is 0. The zero-order valence-electron chi connectivity index (χ0n) is 10.1. The molecule has 92 valence electrons. The first-order valence-electron chi connectivity index (χ1n) is 6.44. The van der Waals surface area contributed by atoms with E-state index in [9.17, 15) is 4.39 Å². The van der Waals surface area contributed by atoms with Crippen LogP contribution in [0.3, 0.4) is 0 Å². The number of rotatable bonds is 3. The van der Waals surface area contributed by atoms with E-state index in [1.165, 1.54) is 19.3 Å². The summed E-state index contributed by atoms with van der Waals surface area (Å²) in [5.41, 5.74) is 4.67. The van der Waals surface area contributed by atoms with Crippen LogP contribution >= 0.6 is 0 Å². The molecule has 0 aromatic heterocycles. The number of fused-ring (bicyclic) bond motifs is 1. The first-order chi connectivity index (χ1) is 8.22. The summed E-state index contributed by atoms with van der Waals surface area (Å²) >= 11 is 0. The molecule has 2 aliphatic rings. The van der Waals surface area contributed by atoms with Gasteiger partial charge in [-0.25, -0.2) is 4.39 Å². The zero-order chi connectivity index (χ0) is 12.0. The number of hydrogen-bond donors (Lipinski definition) is 2. The number of nitrogens with one attached hydrogen (secondary N) is 1. The smallest absolute Gasteiger partial charge is 0.128 e. The van der Waals surface area contributed by atoms with Gasteiger partial charge in [-0.1, -0.05) is 24.1 Å². The standard InChI is InChI=1S/C14H19FN2/c1-8-5-6-12(15)11(7-8)14(17-16)13-9-3-2-4-10(9)13/h5-7,9-10,13-14,17H,2-4,16H2,1H3. The Hall–Kier alpha value is -0.930. The van der Waals surface area contributed by atoms with E-state index in [0.29, 0.717) is 5.92 Å². The lowest BCUT2D eigenvalue weighted by Gasteiger charge is -2.19. The molecule has 0 heterocycles. The molecule has 1 aromatic rings. The van der Waals surface area contributed by atoms with Crippen molar-refractivity contribution < 1.29 is 4.39 Å². The maximum absolute atomic E-state index is 13.9. The van der Waals surface area contributed by atoms with E-state index in [2.05, 4.69) is 5.43 Å². The molecule has 1 aromatic carbocycles. The van der Waals surface area contributed by atoms with E-state index in [0.717, 1.165) is 23.0 Å². The monoisotopic (exact) mass is 234 g/mol. The SMILES string of the molecule is Cc1ccc(F)c(C(NN)C2C3CCCC32)c1. The molecule has 0 saturated heterocycles. The van der Waals surface area contributed by atoms with Crippen molar-refractivity contribution in [1.29, 1.82) is 0 Å². The number of aryl methyl sites for hydroxylation is 1. The summed E-state index contributed by atoms with van der Waals surface area (Å²) in [5.74, 6) is 7.61. The molecule has 3 unspecified atom stereocenters. The van der Waals surface area contributed by atoms with E-state index in [1.807, 2.05) is 13.0 Å². The minimum absolute atomic E-state index is 0.00907. The Morgan fingerprint density at radius 1 is 1.35 bits per heavy atom. The number of hydrogen-bond acceptors (Lipinski definition) is 2. The first kappa shape index (κ1) is 11.2. The van der Waals surface area contributed by atoms with E-state index < -0.39 is 0 Å². The van der Waals surface area contributed by atoms with Crippen LogP contribution in [-0.2, 0) is 0 Å². The molecule has 2 saturated carbocycles. The van der Waals surface area contributed by atoms with Crippen molar-refractivity contribution in [3.05, 3.63) is 35.1 Å². The molecule has 3 N–H and O–H groups in total. The molecule has 2 nitrogen and oxygen atoms in total. The van der Waals surface area contributed by atoms with Gasteiger partial charge in [0.05, 0.1) is 6.04 Å². The molecular weight excluding hydrogens is 215 g/mol. The van der Waals surface area contributed by atoms with Crippen LogP contribution in [0.2, 0.25) is 0 Å². The predicted molar refractivity (Wildman–Crippen MR) is 65.5 cm³/mol. The largest absolute Gasteiger partial charge is 0.271 e. The van der Waals surface area contributed by atoms with Gasteiger partial charge in [0.1, 0.15) is 5.82 Å². The zero-order valence-corrected chi connectivity index (χ0v) is 10.1. The molecule has 3 atom stereocenters. The second kappa shape index (κ2) is 4.07. The van der Waals surface area contributed by atoms with Crippen molar-refractivity contribution in [2.75, 3.05) is 0 Å².